The van der Waals surface area contributed by atoms with E-state index in [0.29, 0.717) is 38.8 Å². The Morgan fingerprint density at radius 2 is 1.97 bits per heavy atom. The molecule has 1 N–H and O–H groups in total. The Balaban J connectivity index is 1.71. The summed E-state index contributed by atoms with van der Waals surface area (Å²) in [7, 11) is 0. The first-order chi connectivity index (χ1) is 14.9. The SMILES string of the molecule is C=CCn1c(SCC(=O)Nc2ccc(Cl)cc2Cl)nnc1-c1ccc(OC(F)F)cc1. The Labute approximate surface area is 191 Å². The van der Waals surface area contributed by atoms with E-state index in [2.05, 4.69) is 26.8 Å². The molecule has 2 aromatic carbocycles. The Hall–Kier alpha value is -2.62. The first kappa shape index (κ1) is 23.1. The monoisotopic (exact) mass is 484 g/mol. The molecule has 0 aliphatic carbocycles. The number of alkyl halides is 2. The highest BCUT2D eigenvalue weighted by molar-refractivity contribution is 7.99. The molecule has 162 valence electrons. The second-order valence-electron chi connectivity index (χ2n) is 6.07. The number of allylic oxidation sites excluding steroid dienone is 1. The number of rotatable bonds is 9. The van der Waals surface area contributed by atoms with Crippen molar-refractivity contribution in [2.45, 2.75) is 18.3 Å². The summed E-state index contributed by atoms with van der Waals surface area (Å²) < 4.78 is 30.8. The van der Waals surface area contributed by atoms with Gasteiger partial charge in [-0.3, -0.25) is 9.36 Å². The molecule has 1 heterocycles. The molecule has 1 aromatic heterocycles. The van der Waals surface area contributed by atoms with Gasteiger partial charge in [-0.05, 0) is 42.5 Å². The fourth-order valence-corrected chi connectivity index (χ4v) is 3.80. The van der Waals surface area contributed by atoms with E-state index in [-0.39, 0.29) is 17.4 Å². The van der Waals surface area contributed by atoms with Crippen LogP contribution in [0.2, 0.25) is 10.0 Å². The number of benzene rings is 2. The van der Waals surface area contributed by atoms with Crippen LogP contribution in [0.15, 0.2) is 60.3 Å². The van der Waals surface area contributed by atoms with Crippen molar-refractivity contribution in [2.75, 3.05) is 11.1 Å². The van der Waals surface area contributed by atoms with Crippen LogP contribution >= 0.6 is 35.0 Å². The molecule has 11 heteroatoms. The van der Waals surface area contributed by atoms with E-state index in [1.807, 2.05) is 0 Å². The minimum absolute atomic E-state index is 0.0423. The van der Waals surface area contributed by atoms with E-state index in [1.165, 1.54) is 30.0 Å². The Kier molecular flexibility index (Phi) is 7.89. The number of anilines is 1. The van der Waals surface area contributed by atoms with Gasteiger partial charge in [0, 0.05) is 17.1 Å². The van der Waals surface area contributed by atoms with Crippen LogP contribution in [0.3, 0.4) is 0 Å². The molecule has 3 aromatic rings. The van der Waals surface area contributed by atoms with Crippen molar-refractivity contribution < 1.29 is 18.3 Å². The van der Waals surface area contributed by atoms with Crippen LogP contribution in [0.4, 0.5) is 14.5 Å². The number of halogens is 4. The normalized spacial score (nSPS) is 10.9. The van der Waals surface area contributed by atoms with Crippen molar-refractivity contribution in [3.63, 3.8) is 0 Å². The van der Waals surface area contributed by atoms with Crippen LogP contribution < -0.4 is 10.1 Å². The number of amides is 1. The van der Waals surface area contributed by atoms with E-state index in [0.717, 1.165) is 0 Å². The third-order valence-corrected chi connectivity index (χ3v) is 5.42. The van der Waals surface area contributed by atoms with Gasteiger partial charge in [-0.25, -0.2) is 0 Å². The number of ether oxygens (including phenoxy) is 1. The molecule has 0 radical (unpaired) electrons. The maximum absolute atomic E-state index is 12.3. The molecule has 0 bridgehead atoms. The average Bonchev–Trinajstić information content (AvgIpc) is 3.12. The number of carbonyl (C=O) groups excluding carboxylic acids is 1. The van der Waals surface area contributed by atoms with Gasteiger partial charge in [0.1, 0.15) is 5.75 Å². The smallest absolute Gasteiger partial charge is 0.387 e. The quantitative estimate of drug-likeness (QED) is 0.308. The standard InChI is InChI=1S/C20H16Cl2F2N4O2S/c1-2-9-28-18(12-3-6-14(7-4-12)30-19(23)24)26-27-20(28)31-11-17(29)25-16-8-5-13(21)10-15(16)22/h2-8,10,19H,1,9,11H2,(H,25,29). The maximum Gasteiger partial charge on any atom is 0.387 e. The molecule has 0 aliphatic rings. The number of hydrogen-bond acceptors (Lipinski definition) is 5. The van der Waals surface area contributed by atoms with Crippen LogP contribution in [-0.4, -0.2) is 33.0 Å². The Morgan fingerprint density at radius 3 is 2.61 bits per heavy atom. The first-order valence-electron chi connectivity index (χ1n) is 8.84. The largest absolute Gasteiger partial charge is 0.435 e. The first-order valence-corrected chi connectivity index (χ1v) is 10.6. The zero-order valence-corrected chi connectivity index (χ0v) is 18.2. The highest BCUT2D eigenvalue weighted by Crippen LogP contribution is 2.28. The predicted molar refractivity (Wildman–Crippen MR) is 118 cm³/mol. The zero-order valence-electron chi connectivity index (χ0n) is 15.9. The van der Waals surface area contributed by atoms with Gasteiger partial charge in [-0.2, -0.15) is 8.78 Å². The van der Waals surface area contributed by atoms with E-state index >= 15 is 0 Å². The Bertz CT molecular complexity index is 1080. The zero-order chi connectivity index (χ0) is 22.4. The number of nitrogens with zero attached hydrogens (tertiary/aromatic N) is 3. The van der Waals surface area contributed by atoms with Gasteiger partial charge >= 0.3 is 6.61 Å². The highest BCUT2D eigenvalue weighted by Gasteiger charge is 2.16. The summed E-state index contributed by atoms with van der Waals surface area (Å²) in [5.41, 5.74) is 1.11. The number of carbonyl (C=O) groups is 1. The van der Waals surface area contributed by atoms with Gasteiger partial charge in [0.05, 0.1) is 16.5 Å². The van der Waals surface area contributed by atoms with Crippen LogP contribution in [0.5, 0.6) is 5.75 Å². The van der Waals surface area contributed by atoms with Crippen molar-refractivity contribution in [3.05, 3.63) is 65.2 Å². The van der Waals surface area contributed by atoms with Crippen LogP contribution in [-0.2, 0) is 11.3 Å². The van der Waals surface area contributed by atoms with E-state index in [1.54, 1.807) is 34.9 Å². The molecule has 31 heavy (non-hydrogen) atoms. The summed E-state index contributed by atoms with van der Waals surface area (Å²) in [5.74, 6) is 0.334. The summed E-state index contributed by atoms with van der Waals surface area (Å²) in [4.78, 5) is 12.3. The fraction of sp³-hybridized carbons (Fsp3) is 0.150. The van der Waals surface area contributed by atoms with Crippen LogP contribution in [0.1, 0.15) is 0 Å². The molecule has 1 amide bonds. The van der Waals surface area contributed by atoms with Crippen LogP contribution in [0.25, 0.3) is 11.4 Å². The molecular weight excluding hydrogens is 469 g/mol. The van der Waals surface area contributed by atoms with Crippen molar-refractivity contribution >= 4 is 46.6 Å². The lowest BCUT2D eigenvalue weighted by atomic mass is 10.2. The third-order valence-electron chi connectivity index (χ3n) is 3.90. The van der Waals surface area contributed by atoms with E-state index in [4.69, 9.17) is 23.2 Å². The van der Waals surface area contributed by atoms with Gasteiger partial charge in [0.25, 0.3) is 0 Å². The highest BCUT2D eigenvalue weighted by atomic mass is 35.5. The third kappa shape index (κ3) is 6.19. The summed E-state index contributed by atoms with van der Waals surface area (Å²) in [5, 5.41) is 12.3. The Morgan fingerprint density at radius 1 is 1.23 bits per heavy atom. The number of hydrogen-bond donors (Lipinski definition) is 1. The van der Waals surface area contributed by atoms with E-state index in [9.17, 15) is 13.6 Å². The molecule has 0 fully saturated rings. The summed E-state index contributed by atoms with van der Waals surface area (Å²) in [6.07, 6.45) is 1.67. The second kappa shape index (κ2) is 10.6. The molecule has 6 nitrogen and oxygen atoms in total. The van der Waals surface area contributed by atoms with E-state index < -0.39 is 6.61 Å². The molecule has 0 saturated heterocycles. The fourth-order valence-electron chi connectivity index (χ4n) is 2.60. The molecular formula is C20H16Cl2F2N4O2S. The number of nitrogens with one attached hydrogen (secondary N) is 1. The second-order valence-corrected chi connectivity index (χ2v) is 7.86. The van der Waals surface area contributed by atoms with Gasteiger partial charge < -0.3 is 10.1 Å². The van der Waals surface area contributed by atoms with Crippen molar-refractivity contribution in [1.29, 1.82) is 0 Å². The topological polar surface area (TPSA) is 69.0 Å². The lowest BCUT2D eigenvalue weighted by molar-refractivity contribution is -0.113. The predicted octanol–water partition coefficient (Wildman–Crippen LogP) is 5.77. The van der Waals surface area contributed by atoms with Crippen molar-refractivity contribution in [1.82, 2.24) is 14.8 Å². The van der Waals surface area contributed by atoms with Crippen molar-refractivity contribution in [3.8, 4) is 17.1 Å². The summed E-state index contributed by atoms with van der Waals surface area (Å²) in [6.45, 7) is 1.23. The van der Waals surface area contributed by atoms with Crippen LogP contribution in [0, 0.1) is 0 Å². The van der Waals surface area contributed by atoms with Gasteiger partial charge in [-0.1, -0.05) is 41.0 Å². The minimum Gasteiger partial charge on any atom is -0.435 e. The summed E-state index contributed by atoms with van der Waals surface area (Å²) in [6, 6.07) is 10.8. The average molecular weight is 485 g/mol. The van der Waals surface area contributed by atoms with Crippen molar-refractivity contribution in [2.24, 2.45) is 0 Å². The molecule has 3 rings (SSSR count). The molecule has 0 saturated carbocycles. The lowest BCUT2D eigenvalue weighted by Gasteiger charge is -2.10. The molecule has 0 unspecified atom stereocenters. The molecule has 0 spiro atoms. The summed E-state index contributed by atoms with van der Waals surface area (Å²) >= 11 is 13.1. The van der Waals surface area contributed by atoms with Gasteiger partial charge in [0.15, 0.2) is 11.0 Å². The number of thioether (sulfide) groups is 1. The van der Waals surface area contributed by atoms with Gasteiger partial charge in [0.2, 0.25) is 5.91 Å². The molecule has 0 atom stereocenters. The maximum atomic E-state index is 12.3. The van der Waals surface area contributed by atoms with Gasteiger partial charge in [-0.15, -0.1) is 16.8 Å². The number of aromatic nitrogens is 3. The minimum atomic E-state index is -2.90. The lowest BCUT2D eigenvalue weighted by Crippen LogP contribution is -2.15. The molecule has 0 aliphatic heterocycles.